The Morgan fingerprint density at radius 3 is 2.53 bits per heavy atom. The zero-order chi connectivity index (χ0) is 12.3. The van der Waals surface area contributed by atoms with E-state index in [0.717, 1.165) is 5.75 Å². The minimum absolute atomic E-state index is 0.0112. The molecule has 0 bridgehead atoms. The van der Waals surface area contributed by atoms with E-state index in [2.05, 4.69) is 0 Å². The molecule has 0 N–H and O–H groups in total. The molecule has 0 radical (unpaired) electrons. The Hall–Kier alpha value is -1.80. The highest BCUT2D eigenvalue weighted by Crippen LogP contribution is 2.08. The minimum Gasteiger partial charge on any atom is -0.465 e. The van der Waals surface area contributed by atoms with E-state index in [9.17, 15) is 4.79 Å². The fourth-order valence-electron chi connectivity index (χ4n) is 0.998. The highest BCUT2D eigenvalue weighted by Gasteiger charge is 1.87. The lowest BCUT2D eigenvalue weighted by atomic mass is 10.3. The number of ketones is 1. The predicted molar refractivity (Wildman–Crippen MR) is 70.2 cm³/mol. The highest BCUT2D eigenvalue weighted by atomic mass is 35.5. The van der Waals surface area contributed by atoms with Gasteiger partial charge in [0.1, 0.15) is 5.75 Å². The van der Waals surface area contributed by atoms with Gasteiger partial charge in [-0.25, -0.2) is 0 Å². The zero-order valence-corrected chi connectivity index (χ0v) is 10.0. The van der Waals surface area contributed by atoms with Crippen LogP contribution in [0.5, 0.6) is 5.75 Å². The summed E-state index contributed by atoms with van der Waals surface area (Å²) in [4.78, 5) is 10.8. The molecule has 0 amide bonds. The summed E-state index contributed by atoms with van der Waals surface area (Å²) in [5, 5.41) is 0. The largest absolute Gasteiger partial charge is 0.465 e. The van der Waals surface area contributed by atoms with Crippen LogP contribution in [0.25, 0.3) is 0 Å². The first-order chi connectivity index (χ1) is 8.33. The van der Waals surface area contributed by atoms with Gasteiger partial charge in [-0.15, -0.1) is 11.6 Å². The third kappa shape index (κ3) is 6.38. The van der Waals surface area contributed by atoms with Crippen LogP contribution in [0.15, 0.2) is 67.0 Å². The molecule has 0 aliphatic heterocycles. The topological polar surface area (TPSA) is 26.3 Å². The Labute approximate surface area is 106 Å². The van der Waals surface area contributed by atoms with Gasteiger partial charge in [0.2, 0.25) is 0 Å². The number of carbonyl (C=O) groups is 1. The average Bonchev–Trinajstić information content (AvgIpc) is 2.38. The van der Waals surface area contributed by atoms with Gasteiger partial charge in [-0.05, 0) is 24.3 Å². The van der Waals surface area contributed by atoms with Crippen molar-refractivity contribution in [2.45, 2.75) is 0 Å². The molecule has 0 fully saturated rings. The molecule has 0 spiro atoms. The molecule has 0 aromatic heterocycles. The van der Waals surface area contributed by atoms with Gasteiger partial charge >= 0.3 is 0 Å². The van der Waals surface area contributed by atoms with Crippen molar-refractivity contribution in [1.29, 1.82) is 0 Å². The smallest absolute Gasteiger partial charge is 0.170 e. The molecule has 1 aromatic carbocycles. The molecule has 0 aliphatic carbocycles. The Bertz CT molecular complexity index is 419. The summed E-state index contributed by atoms with van der Waals surface area (Å²) >= 11 is 5.32. The molecule has 0 saturated carbocycles. The number of alkyl halides is 1. The van der Waals surface area contributed by atoms with Crippen molar-refractivity contribution in [3.63, 3.8) is 0 Å². The quantitative estimate of drug-likeness (QED) is 0.333. The second-order valence-electron chi connectivity index (χ2n) is 3.10. The molecule has 0 unspecified atom stereocenters. The second kappa shape index (κ2) is 8.36. The van der Waals surface area contributed by atoms with E-state index in [1.807, 2.05) is 30.3 Å². The van der Waals surface area contributed by atoms with Crippen LogP contribution in [0, 0.1) is 0 Å². The van der Waals surface area contributed by atoms with Crippen molar-refractivity contribution < 1.29 is 9.53 Å². The summed E-state index contributed by atoms with van der Waals surface area (Å²) in [6.45, 7) is 0. The van der Waals surface area contributed by atoms with Gasteiger partial charge in [-0.2, -0.15) is 0 Å². The standard InChI is InChI=1S/C14H13ClO2/c15-12-13(16)8-4-1-2-7-11-17-14-9-5-3-6-10-14/h1-11H,12H2/b2-1+,8-4+,11-7+. The van der Waals surface area contributed by atoms with Crippen LogP contribution in [-0.4, -0.2) is 11.7 Å². The Morgan fingerprint density at radius 2 is 1.82 bits per heavy atom. The summed E-state index contributed by atoms with van der Waals surface area (Å²) in [6.07, 6.45) is 9.87. The average molecular weight is 249 g/mol. The van der Waals surface area contributed by atoms with Gasteiger partial charge < -0.3 is 4.74 Å². The molecular weight excluding hydrogens is 236 g/mol. The fraction of sp³-hybridized carbons (Fsp3) is 0.0714. The maximum Gasteiger partial charge on any atom is 0.170 e. The van der Waals surface area contributed by atoms with Crippen molar-refractivity contribution >= 4 is 17.4 Å². The number of para-hydroxylation sites is 1. The zero-order valence-electron chi connectivity index (χ0n) is 9.25. The van der Waals surface area contributed by atoms with E-state index in [1.54, 1.807) is 30.6 Å². The summed E-state index contributed by atoms with van der Waals surface area (Å²) in [7, 11) is 0. The lowest BCUT2D eigenvalue weighted by Gasteiger charge is -1.96. The number of ether oxygens (including phenoxy) is 1. The first-order valence-corrected chi connectivity index (χ1v) is 5.67. The second-order valence-corrected chi connectivity index (χ2v) is 3.37. The Morgan fingerprint density at radius 1 is 1.12 bits per heavy atom. The molecule has 17 heavy (non-hydrogen) atoms. The number of hydrogen-bond acceptors (Lipinski definition) is 2. The maximum absolute atomic E-state index is 10.8. The van der Waals surface area contributed by atoms with E-state index in [0.29, 0.717) is 0 Å². The summed E-state index contributed by atoms with van der Waals surface area (Å²) in [6, 6.07) is 9.47. The first-order valence-electron chi connectivity index (χ1n) is 5.13. The third-order valence-corrected chi connectivity index (χ3v) is 2.04. The molecule has 1 rings (SSSR count). The van der Waals surface area contributed by atoms with Crippen LogP contribution in [0.4, 0.5) is 0 Å². The lowest BCUT2D eigenvalue weighted by Crippen LogP contribution is -1.90. The van der Waals surface area contributed by atoms with Gasteiger partial charge in [-0.1, -0.05) is 36.4 Å². The van der Waals surface area contributed by atoms with Gasteiger partial charge in [0, 0.05) is 0 Å². The molecule has 0 aliphatic rings. The van der Waals surface area contributed by atoms with E-state index in [4.69, 9.17) is 16.3 Å². The number of halogens is 1. The van der Waals surface area contributed by atoms with E-state index < -0.39 is 0 Å². The third-order valence-electron chi connectivity index (χ3n) is 1.77. The van der Waals surface area contributed by atoms with Crippen LogP contribution in [0.3, 0.4) is 0 Å². The molecular formula is C14H13ClO2. The van der Waals surface area contributed by atoms with Crippen LogP contribution < -0.4 is 4.74 Å². The Balaban J connectivity index is 2.29. The summed E-state index contributed by atoms with van der Waals surface area (Å²) < 4.78 is 5.31. The molecule has 3 heteroatoms. The SMILES string of the molecule is O=C(/C=C/C=C/C=C/Oc1ccccc1)CCl. The monoisotopic (exact) mass is 248 g/mol. The van der Waals surface area contributed by atoms with Crippen molar-refractivity contribution in [3.8, 4) is 5.75 Å². The highest BCUT2D eigenvalue weighted by molar-refractivity contribution is 6.29. The van der Waals surface area contributed by atoms with Crippen molar-refractivity contribution in [3.05, 3.63) is 67.0 Å². The van der Waals surface area contributed by atoms with Gasteiger partial charge in [0.15, 0.2) is 5.78 Å². The van der Waals surface area contributed by atoms with Crippen LogP contribution in [0.2, 0.25) is 0 Å². The van der Waals surface area contributed by atoms with Gasteiger partial charge in [0.05, 0.1) is 12.1 Å². The number of carbonyl (C=O) groups excluding carboxylic acids is 1. The number of allylic oxidation sites excluding steroid dienone is 5. The molecule has 88 valence electrons. The van der Waals surface area contributed by atoms with E-state index in [-0.39, 0.29) is 11.7 Å². The van der Waals surface area contributed by atoms with Crippen molar-refractivity contribution in [2.75, 3.05) is 5.88 Å². The fourth-order valence-corrected chi connectivity index (χ4v) is 1.09. The molecule has 0 heterocycles. The number of hydrogen-bond donors (Lipinski definition) is 0. The van der Waals surface area contributed by atoms with Crippen LogP contribution in [-0.2, 0) is 4.79 Å². The van der Waals surface area contributed by atoms with Gasteiger partial charge in [-0.3, -0.25) is 4.79 Å². The number of benzene rings is 1. The maximum atomic E-state index is 10.8. The molecule has 0 saturated heterocycles. The minimum atomic E-state index is -0.110. The summed E-state index contributed by atoms with van der Waals surface area (Å²) in [5.41, 5.74) is 0. The van der Waals surface area contributed by atoms with Crippen LogP contribution in [0.1, 0.15) is 0 Å². The molecule has 1 aromatic rings. The van der Waals surface area contributed by atoms with Gasteiger partial charge in [0.25, 0.3) is 0 Å². The normalized spacial score (nSPS) is 11.6. The first kappa shape index (κ1) is 13.3. The van der Waals surface area contributed by atoms with Crippen LogP contribution >= 0.6 is 11.6 Å². The van der Waals surface area contributed by atoms with Crippen molar-refractivity contribution in [2.24, 2.45) is 0 Å². The van der Waals surface area contributed by atoms with E-state index >= 15 is 0 Å². The Kier molecular flexibility index (Phi) is 6.53. The summed E-state index contributed by atoms with van der Waals surface area (Å²) in [5.74, 6) is 0.683. The lowest BCUT2D eigenvalue weighted by molar-refractivity contribution is -0.112. The van der Waals surface area contributed by atoms with Crippen molar-refractivity contribution in [1.82, 2.24) is 0 Å². The molecule has 0 atom stereocenters. The van der Waals surface area contributed by atoms with E-state index in [1.165, 1.54) is 6.08 Å². The number of rotatable bonds is 6. The molecule has 2 nitrogen and oxygen atoms in total. The predicted octanol–water partition coefficient (Wildman–Crippen LogP) is 3.50.